The number of nitrogens with one attached hydrogen (secondary N) is 1. The number of carbonyl (C=O) groups is 1. The smallest absolute Gasteiger partial charge is 0.223 e. The van der Waals surface area contributed by atoms with E-state index in [0.717, 1.165) is 49.8 Å². The van der Waals surface area contributed by atoms with Crippen molar-refractivity contribution in [1.82, 2.24) is 5.32 Å². The molecule has 0 spiro atoms. The summed E-state index contributed by atoms with van der Waals surface area (Å²) in [6, 6.07) is 6.71. The summed E-state index contributed by atoms with van der Waals surface area (Å²) in [6.45, 7) is 3.13. The highest BCUT2D eigenvalue weighted by Crippen LogP contribution is 2.63. The maximum Gasteiger partial charge on any atom is 0.223 e. The molecule has 0 aromatic heterocycles. The van der Waals surface area contributed by atoms with Crippen LogP contribution in [-0.2, 0) is 16.0 Å². The summed E-state index contributed by atoms with van der Waals surface area (Å²) in [7, 11) is 3.59. The molecule has 0 saturated heterocycles. The van der Waals surface area contributed by atoms with Gasteiger partial charge in [-0.3, -0.25) is 4.79 Å². The van der Waals surface area contributed by atoms with Gasteiger partial charge in [0.1, 0.15) is 5.75 Å². The van der Waals surface area contributed by atoms with Gasteiger partial charge in [0.05, 0.1) is 12.7 Å². The Bertz CT molecular complexity index is 754. The molecule has 160 valence electrons. The molecular formula is C24H34BrNO3. The van der Waals surface area contributed by atoms with Crippen LogP contribution in [0.15, 0.2) is 18.2 Å². The average Bonchev–Trinajstić information content (AvgIpc) is 3.05. The predicted octanol–water partition coefficient (Wildman–Crippen LogP) is 4.69. The second kappa shape index (κ2) is 8.58. The molecule has 0 heterocycles. The first-order chi connectivity index (χ1) is 14.0. The molecule has 0 radical (unpaired) electrons. The molecule has 4 rings (SSSR count). The second-order valence-electron chi connectivity index (χ2n) is 9.31. The van der Waals surface area contributed by atoms with E-state index in [9.17, 15) is 4.79 Å². The summed E-state index contributed by atoms with van der Waals surface area (Å²) < 4.78 is 11.8. The summed E-state index contributed by atoms with van der Waals surface area (Å²) in [5.74, 6) is 2.76. The average molecular weight is 464 g/mol. The zero-order valence-electron chi connectivity index (χ0n) is 17.9. The molecule has 2 saturated carbocycles. The summed E-state index contributed by atoms with van der Waals surface area (Å²) >= 11 is 3.46. The minimum absolute atomic E-state index is 0.0659. The number of amides is 1. The van der Waals surface area contributed by atoms with Crippen molar-refractivity contribution in [2.45, 2.75) is 57.5 Å². The fourth-order valence-electron chi connectivity index (χ4n) is 6.77. The number of aryl methyl sites for hydroxylation is 1. The van der Waals surface area contributed by atoms with Crippen molar-refractivity contribution >= 4 is 21.8 Å². The second-order valence-corrected chi connectivity index (χ2v) is 10.1. The van der Waals surface area contributed by atoms with Crippen molar-refractivity contribution in [2.24, 2.45) is 23.2 Å². The normalized spacial score (nSPS) is 35.4. The first-order valence-corrected chi connectivity index (χ1v) is 12.2. The number of rotatable bonds is 6. The number of carbonyl (C=O) groups excluding carboxylic acids is 1. The van der Waals surface area contributed by atoms with E-state index < -0.39 is 0 Å². The van der Waals surface area contributed by atoms with Gasteiger partial charge in [-0.05, 0) is 85.0 Å². The number of ether oxygens (including phenoxy) is 2. The lowest BCUT2D eigenvalue weighted by atomic mass is 9.54. The van der Waals surface area contributed by atoms with Gasteiger partial charge in [-0.25, -0.2) is 0 Å². The number of hydrogen-bond acceptors (Lipinski definition) is 3. The standard InChI is InChI=1S/C24H34BrNO3/c1-24-10-9-18-17-8-6-16(29-12-4-11-25)13-15(17)5-7-19(18)22(24)20(23(27)26-2)14-21(24)28-3/h6,8,13,18-22H,4-5,7,9-12,14H2,1-3H3,(H,26,27)/t18-,19-,20+,21+,22-,24-/m1/s1. The van der Waals surface area contributed by atoms with E-state index in [1.807, 2.05) is 7.11 Å². The molecule has 0 aliphatic heterocycles. The first-order valence-electron chi connectivity index (χ1n) is 11.1. The Morgan fingerprint density at radius 1 is 1.34 bits per heavy atom. The van der Waals surface area contributed by atoms with Gasteiger partial charge < -0.3 is 14.8 Å². The Hall–Kier alpha value is -1.07. The van der Waals surface area contributed by atoms with Crippen molar-refractivity contribution in [3.63, 3.8) is 0 Å². The zero-order chi connectivity index (χ0) is 20.6. The highest BCUT2D eigenvalue weighted by molar-refractivity contribution is 9.09. The lowest BCUT2D eigenvalue weighted by Gasteiger charge is -2.51. The number of halogens is 1. The Morgan fingerprint density at radius 3 is 2.90 bits per heavy atom. The summed E-state index contributed by atoms with van der Waals surface area (Å²) in [6.07, 6.45) is 6.62. The minimum Gasteiger partial charge on any atom is -0.494 e. The molecule has 3 aliphatic carbocycles. The summed E-state index contributed by atoms with van der Waals surface area (Å²) in [4.78, 5) is 12.8. The monoisotopic (exact) mass is 463 g/mol. The van der Waals surface area contributed by atoms with Crippen molar-refractivity contribution in [2.75, 3.05) is 26.1 Å². The molecule has 0 unspecified atom stereocenters. The van der Waals surface area contributed by atoms with E-state index in [0.29, 0.717) is 17.8 Å². The van der Waals surface area contributed by atoms with Crippen LogP contribution in [0, 0.1) is 23.2 Å². The number of fused-ring (bicyclic) bond motifs is 5. The molecule has 1 aromatic rings. The van der Waals surface area contributed by atoms with Gasteiger partial charge >= 0.3 is 0 Å². The molecule has 4 nitrogen and oxygen atoms in total. The van der Waals surface area contributed by atoms with Gasteiger partial charge in [-0.1, -0.05) is 28.9 Å². The van der Waals surface area contributed by atoms with E-state index >= 15 is 0 Å². The number of methoxy groups -OCH3 is 1. The van der Waals surface area contributed by atoms with E-state index in [1.54, 1.807) is 7.05 Å². The molecule has 6 atom stereocenters. The Morgan fingerprint density at radius 2 is 2.17 bits per heavy atom. The van der Waals surface area contributed by atoms with E-state index in [2.05, 4.69) is 46.4 Å². The maximum absolute atomic E-state index is 12.8. The maximum atomic E-state index is 12.8. The lowest BCUT2D eigenvalue weighted by molar-refractivity contribution is -0.128. The first kappa shape index (κ1) is 21.2. The van der Waals surface area contributed by atoms with E-state index in [4.69, 9.17) is 9.47 Å². The minimum atomic E-state index is 0.0659. The van der Waals surface area contributed by atoms with Crippen molar-refractivity contribution in [3.05, 3.63) is 29.3 Å². The highest BCUT2D eigenvalue weighted by atomic mass is 79.9. The van der Waals surface area contributed by atoms with Gasteiger partial charge in [0, 0.05) is 25.4 Å². The molecule has 0 bridgehead atoms. The largest absolute Gasteiger partial charge is 0.494 e. The zero-order valence-corrected chi connectivity index (χ0v) is 19.5. The van der Waals surface area contributed by atoms with Crippen LogP contribution < -0.4 is 10.1 Å². The third-order valence-corrected chi connectivity index (χ3v) is 8.61. The van der Waals surface area contributed by atoms with Crippen molar-refractivity contribution < 1.29 is 14.3 Å². The lowest BCUT2D eigenvalue weighted by Crippen LogP contribution is -2.47. The Balaban J connectivity index is 1.61. The van der Waals surface area contributed by atoms with Gasteiger partial charge in [0.15, 0.2) is 0 Å². The SMILES string of the molecule is CNC(=O)[C@H]1C[C@H](OC)[C@@]2(C)CC[C@@H]3c4ccc(OCCCBr)cc4CC[C@H]3[C@H]12. The summed E-state index contributed by atoms with van der Waals surface area (Å²) in [5.41, 5.74) is 3.04. The van der Waals surface area contributed by atoms with Crippen LogP contribution in [0.3, 0.4) is 0 Å². The van der Waals surface area contributed by atoms with E-state index in [-0.39, 0.29) is 23.3 Å². The van der Waals surface area contributed by atoms with Gasteiger partial charge in [0.2, 0.25) is 5.91 Å². The third-order valence-electron chi connectivity index (χ3n) is 8.05. The quantitative estimate of drug-likeness (QED) is 0.491. The molecule has 1 amide bonds. The van der Waals surface area contributed by atoms with Gasteiger partial charge in [-0.2, -0.15) is 0 Å². The van der Waals surface area contributed by atoms with Crippen LogP contribution in [-0.4, -0.2) is 38.1 Å². The fraction of sp³-hybridized carbons (Fsp3) is 0.708. The topological polar surface area (TPSA) is 47.6 Å². The number of hydrogen-bond donors (Lipinski definition) is 1. The Labute approximate surface area is 183 Å². The van der Waals surface area contributed by atoms with Crippen molar-refractivity contribution in [3.8, 4) is 5.75 Å². The van der Waals surface area contributed by atoms with E-state index in [1.165, 1.54) is 17.5 Å². The van der Waals surface area contributed by atoms with Gasteiger partial charge in [-0.15, -0.1) is 0 Å². The van der Waals surface area contributed by atoms with Crippen LogP contribution in [0.2, 0.25) is 0 Å². The van der Waals surface area contributed by atoms with Crippen LogP contribution in [0.25, 0.3) is 0 Å². The van der Waals surface area contributed by atoms with Crippen LogP contribution >= 0.6 is 15.9 Å². The van der Waals surface area contributed by atoms with Crippen molar-refractivity contribution in [1.29, 1.82) is 0 Å². The predicted molar refractivity (Wildman–Crippen MR) is 119 cm³/mol. The molecule has 5 heteroatoms. The number of benzene rings is 1. The van der Waals surface area contributed by atoms with Crippen LogP contribution in [0.4, 0.5) is 0 Å². The Kier molecular flexibility index (Phi) is 6.27. The number of alkyl halides is 1. The molecule has 3 aliphatic rings. The highest BCUT2D eigenvalue weighted by Gasteiger charge is 2.60. The molecule has 1 aromatic carbocycles. The molecule has 29 heavy (non-hydrogen) atoms. The molecule has 1 N–H and O–H groups in total. The molecular weight excluding hydrogens is 430 g/mol. The third kappa shape index (κ3) is 3.63. The fourth-order valence-corrected chi connectivity index (χ4v) is 7.00. The summed E-state index contributed by atoms with van der Waals surface area (Å²) in [5, 5.41) is 3.90. The molecule has 2 fully saturated rings. The van der Waals surface area contributed by atoms with Gasteiger partial charge in [0.25, 0.3) is 0 Å². The van der Waals surface area contributed by atoms with Crippen LogP contribution in [0.1, 0.15) is 56.1 Å². The van der Waals surface area contributed by atoms with Crippen LogP contribution in [0.5, 0.6) is 5.75 Å².